The minimum atomic E-state index is -0.395. The van der Waals surface area contributed by atoms with E-state index in [1.807, 2.05) is 49.6 Å². The maximum atomic E-state index is 14.8. The molecule has 1 aromatic heterocycles. The molecule has 2 heterocycles. The number of hydrogen-bond acceptors (Lipinski definition) is 4. The van der Waals surface area contributed by atoms with Gasteiger partial charge in [-0.05, 0) is 35.4 Å². The molecule has 0 saturated carbocycles. The number of nitrogens with zero attached hydrogens (tertiary/aromatic N) is 2. The molecule has 2 N–H and O–H groups in total. The number of methoxy groups -OCH3 is 1. The normalized spacial score (nSPS) is 14.0. The zero-order valence-electron chi connectivity index (χ0n) is 18.1. The molecule has 3 aromatic carbocycles. The lowest BCUT2D eigenvalue weighted by Gasteiger charge is -2.14. The molecule has 0 radical (unpaired) electrons. The number of fused-ring (bicyclic) bond motifs is 1. The number of ether oxygens (including phenoxy) is 1. The highest BCUT2D eigenvalue weighted by Crippen LogP contribution is 2.41. The third-order valence-corrected chi connectivity index (χ3v) is 5.53. The Morgan fingerprint density at radius 2 is 1.91 bits per heavy atom. The summed E-state index contributed by atoms with van der Waals surface area (Å²) in [6, 6.07) is 19.7. The lowest BCUT2D eigenvalue weighted by atomic mass is 9.95. The highest BCUT2D eigenvalue weighted by atomic mass is 19.1. The first kappa shape index (κ1) is 20.5. The van der Waals surface area contributed by atoms with Crippen molar-refractivity contribution in [3.8, 4) is 16.9 Å². The van der Waals surface area contributed by atoms with Crippen LogP contribution in [0.25, 0.3) is 22.4 Å². The van der Waals surface area contributed by atoms with Gasteiger partial charge in [-0.25, -0.2) is 4.39 Å². The number of amides is 1. The van der Waals surface area contributed by atoms with Crippen LogP contribution in [0.5, 0.6) is 5.75 Å². The molecule has 0 aliphatic carbocycles. The van der Waals surface area contributed by atoms with Gasteiger partial charge in [-0.15, -0.1) is 0 Å². The van der Waals surface area contributed by atoms with E-state index in [1.54, 1.807) is 35.1 Å². The Balaban J connectivity index is 1.72. The number of anilines is 2. The summed E-state index contributed by atoms with van der Waals surface area (Å²) in [5, 5.41) is 10.5. The minimum absolute atomic E-state index is 0.238. The lowest BCUT2D eigenvalue weighted by molar-refractivity contribution is -0.110. The minimum Gasteiger partial charge on any atom is -0.496 e. The summed E-state index contributed by atoms with van der Waals surface area (Å²) in [4.78, 5) is 13.2. The number of rotatable bonds is 5. The molecule has 0 bridgehead atoms. The fourth-order valence-corrected chi connectivity index (χ4v) is 4.04. The van der Waals surface area contributed by atoms with Crippen LogP contribution in [0.2, 0.25) is 0 Å². The van der Waals surface area contributed by atoms with Crippen molar-refractivity contribution in [1.29, 1.82) is 0 Å². The van der Waals surface area contributed by atoms with Crippen molar-refractivity contribution < 1.29 is 13.9 Å². The second-order valence-corrected chi connectivity index (χ2v) is 7.68. The van der Waals surface area contributed by atoms with Crippen LogP contribution < -0.4 is 15.4 Å². The Kier molecular flexibility index (Phi) is 5.14. The Morgan fingerprint density at radius 3 is 2.64 bits per heavy atom. The van der Waals surface area contributed by atoms with E-state index in [0.717, 1.165) is 11.3 Å². The van der Waals surface area contributed by atoms with Gasteiger partial charge in [0.2, 0.25) is 0 Å². The van der Waals surface area contributed by atoms with Crippen LogP contribution in [0.1, 0.15) is 11.1 Å². The molecule has 1 amide bonds. The van der Waals surface area contributed by atoms with E-state index in [4.69, 9.17) is 4.74 Å². The Morgan fingerprint density at radius 1 is 1.09 bits per heavy atom. The Bertz CT molecular complexity index is 1390. The maximum absolute atomic E-state index is 14.8. The van der Waals surface area contributed by atoms with Crippen LogP contribution in [0.3, 0.4) is 0 Å². The quantitative estimate of drug-likeness (QED) is 0.420. The number of aromatic nitrogens is 2. The van der Waals surface area contributed by atoms with Crippen LogP contribution in [-0.2, 0) is 11.8 Å². The van der Waals surface area contributed by atoms with Crippen molar-refractivity contribution in [2.24, 2.45) is 7.05 Å². The van der Waals surface area contributed by atoms with Crippen LogP contribution in [-0.4, -0.2) is 22.8 Å². The summed E-state index contributed by atoms with van der Waals surface area (Å²) in [5.41, 5.74) is 5.00. The molecular weight excluding hydrogens is 419 g/mol. The number of benzene rings is 3. The molecule has 4 aromatic rings. The standard InChI is InChI=1S/C26H21FN4O2/c1-31-15-18(14-28-31)29-25(16-7-4-3-5-8-16)24-19-13-17(11-12-21(19)30-26(24)32)23-20(27)9-6-10-22(23)33-2/h3-15,29H,1-2H3,(H,30,32)/b25-24-. The summed E-state index contributed by atoms with van der Waals surface area (Å²) in [5.74, 6) is -0.207. The van der Waals surface area contributed by atoms with Crippen LogP contribution in [0.15, 0.2) is 79.1 Å². The van der Waals surface area contributed by atoms with Crippen molar-refractivity contribution in [2.45, 2.75) is 0 Å². The number of nitrogens with one attached hydrogen (secondary N) is 2. The summed E-state index contributed by atoms with van der Waals surface area (Å²) in [6.07, 6.45) is 3.52. The highest BCUT2D eigenvalue weighted by Gasteiger charge is 2.29. The van der Waals surface area contributed by atoms with Crippen molar-refractivity contribution in [3.05, 3.63) is 96.1 Å². The second kappa shape index (κ2) is 8.27. The summed E-state index contributed by atoms with van der Waals surface area (Å²) < 4.78 is 21.8. The van der Waals surface area contributed by atoms with Gasteiger partial charge >= 0.3 is 0 Å². The van der Waals surface area contributed by atoms with Crippen molar-refractivity contribution in [1.82, 2.24) is 9.78 Å². The second-order valence-electron chi connectivity index (χ2n) is 7.68. The molecule has 0 fully saturated rings. The van der Waals surface area contributed by atoms with E-state index in [1.165, 1.54) is 13.2 Å². The molecule has 0 spiro atoms. The summed E-state index contributed by atoms with van der Waals surface area (Å²) in [6.45, 7) is 0. The largest absolute Gasteiger partial charge is 0.496 e. The fourth-order valence-electron chi connectivity index (χ4n) is 4.04. The Hall–Kier alpha value is -4.39. The van der Waals surface area contributed by atoms with Crippen molar-refractivity contribution in [3.63, 3.8) is 0 Å². The number of hydrogen-bond donors (Lipinski definition) is 2. The van der Waals surface area contributed by atoms with Crippen LogP contribution in [0, 0.1) is 5.82 Å². The highest BCUT2D eigenvalue weighted by molar-refractivity contribution is 6.37. The predicted octanol–water partition coefficient (Wildman–Crippen LogP) is 5.17. The number of aryl methyl sites for hydroxylation is 1. The van der Waals surface area contributed by atoms with Crippen LogP contribution in [0.4, 0.5) is 15.8 Å². The fraction of sp³-hybridized carbons (Fsp3) is 0.0769. The molecule has 164 valence electrons. The molecule has 1 aliphatic heterocycles. The van der Waals surface area contributed by atoms with Gasteiger partial charge in [0, 0.05) is 24.5 Å². The summed E-state index contributed by atoms with van der Waals surface area (Å²) in [7, 11) is 3.33. The first-order chi connectivity index (χ1) is 16.0. The molecule has 7 heteroatoms. The average Bonchev–Trinajstić information content (AvgIpc) is 3.39. The lowest BCUT2D eigenvalue weighted by Crippen LogP contribution is -2.10. The molecule has 6 nitrogen and oxygen atoms in total. The molecule has 5 rings (SSSR count). The molecule has 0 unspecified atom stereocenters. The van der Waals surface area contributed by atoms with Gasteiger partial charge in [0.25, 0.3) is 5.91 Å². The van der Waals surface area contributed by atoms with Gasteiger partial charge in [-0.2, -0.15) is 5.10 Å². The topological polar surface area (TPSA) is 68.2 Å². The molecule has 0 saturated heterocycles. The van der Waals surface area contributed by atoms with Gasteiger partial charge in [0.1, 0.15) is 11.6 Å². The molecule has 1 aliphatic rings. The monoisotopic (exact) mass is 440 g/mol. The first-order valence-electron chi connectivity index (χ1n) is 10.4. The third-order valence-electron chi connectivity index (χ3n) is 5.53. The third kappa shape index (κ3) is 3.74. The van der Waals surface area contributed by atoms with E-state index < -0.39 is 5.82 Å². The van der Waals surface area contributed by atoms with Crippen molar-refractivity contribution >= 4 is 28.6 Å². The van der Waals surface area contributed by atoms with E-state index in [9.17, 15) is 9.18 Å². The first-order valence-corrected chi connectivity index (χ1v) is 10.4. The van der Waals surface area contributed by atoms with Gasteiger partial charge < -0.3 is 15.4 Å². The number of carbonyl (C=O) groups excluding carboxylic acids is 1. The van der Waals surface area contributed by atoms with E-state index in [0.29, 0.717) is 39.4 Å². The zero-order chi connectivity index (χ0) is 22.9. The predicted molar refractivity (Wildman–Crippen MR) is 127 cm³/mol. The zero-order valence-corrected chi connectivity index (χ0v) is 18.1. The molecule has 0 atom stereocenters. The van der Waals surface area contributed by atoms with Gasteiger partial charge in [-0.3, -0.25) is 9.48 Å². The average molecular weight is 440 g/mol. The smallest absolute Gasteiger partial charge is 0.258 e. The number of carbonyl (C=O) groups is 1. The van der Waals surface area contributed by atoms with Crippen molar-refractivity contribution in [2.75, 3.05) is 17.7 Å². The molecule has 33 heavy (non-hydrogen) atoms. The summed E-state index contributed by atoms with van der Waals surface area (Å²) >= 11 is 0. The van der Waals surface area contributed by atoms with Gasteiger partial charge in [0.15, 0.2) is 0 Å². The molecular formula is C26H21FN4O2. The maximum Gasteiger partial charge on any atom is 0.258 e. The van der Waals surface area contributed by atoms with Gasteiger partial charge in [-0.1, -0.05) is 42.5 Å². The van der Waals surface area contributed by atoms with Crippen LogP contribution >= 0.6 is 0 Å². The van der Waals surface area contributed by atoms with E-state index >= 15 is 0 Å². The van der Waals surface area contributed by atoms with E-state index in [-0.39, 0.29) is 5.91 Å². The SMILES string of the molecule is COc1cccc(F)c1-c1ccc2c(c1)/C(=C(/Nc1cnn(C)c1)c1ccccc1)C(=O)N2. The number of halogens is 1. The van der Waals surface area contributed by atoms with E-state index in [2.05, 4.69) is 15.7 Å². The van der Waals surface area contributed by atoms with Gasteiger partial charge in [0.05, 0.1) is 35.8 Å². The Labute approximate surface area is 190 Å².